The largest absolute Gasteiger partial charge is 0.455 e. The summed E-state index contributed by atoms with van der Waals surface area (Å²) in [6.07, 6.45) is 7.32. The number of carbonyl (C=O) groups is 4. The van der Waals surface area contributed by atoms with Gasteiger partial charge in [-0.05, 0) is 45.6 Å². The first-order valence-corrected chi connectivity index (χ1v) is 15.4. The molecule has 1 N–H and O–H groups in total. The Kier molecular flexibility index (Phi) is 9.08. The van der Waals surface area contributed by atoms with Gasteiger partial charge >= 0.3 is 5.97 Å². The van der Waals surface area contributed by atoms with Crippen LogP contribution in [-0.2, 0) is 28.7 Å². The molecule has 0 radical (unpaired) electrons. The maximum Gasteiger partial charge on any atom is 0.313 e. The Hall–Kier alpha value is -3.50. The fraction of sp³-hybridized carbons (Fsp3) is 0.576. The zero-order valence-electron chi connectivity index (χ0n) is 25.4. The molecule has 10 nitrogen and oxygen atoms in total. The number of rotatable bonds is 6. The Balaban J connectivity index is 1.60. The van der Waals surface area contributed by atoms with Crippen molar-refractivity contribution in [3.05, 3.63) is 60.2 Å². The Morgan fingerprint density at radius 2 is 1.79 bits per heavy atom. The Morgan fingerprint density at radius 3 is 2.49 bits per heavy atom. The lowest BCUT2D eigenvalue weighted by Crippen LogP contribution is -2.56. The van der Waals surface area contributed by atoms with E-state index in [4.69, 9.17) is 9.47 Å². The van der Waals surface area contributed by atoms with Gasteiger partial charge in [0.25, 0.3) is 0 Å². The molecule has 1 spiro atoms. The van der Waals surface area contributed by atoms with E-state index < -0.39 is 47.7 Å². The van der Waals surface area contributed by atoms with Crippen LogP contribution in [0.4, 0.5) is 0 Å². The van der Waals surface area contributed by atoms with Gasteiger partial charge in [-0.1, -0.05) is 54.6 Å². The van der Waals surface area contributed by atoms with Crippen LogP contribution in [0.1, 0.15) is 58.1 Å². The second-order valence-electron chi connectivity index (χ2n) is 12.3. The van der Waals surface area contributed by atoms with Crippen LogP contribution in [0.25, 0.3) is 0 Å². The van der Waals surface area contributed by atoms with Crippen LogP contribution in [-0.4, -0.2) is 100 Å². The first kappa shape index (κ1) is 30.9. The van der Waals surface area contributed by atoms with Crippen molar-refractivity contribution in [2.45, 2.75) is 82.4 Å². The Morgan fingerprint density at radius 1 is 1.05 bits per heavy atom. The van der Waals surface area contributed by atoms with Gasteiger partial charge in [-0.25, -0.2) is 0 Å². The van der Waals surface area contributed by atoms with Crippen molar-refractivity contribution in [3.63, 3.8) is 0 Å². The molecule has 2 fully saturated rings. The summed E-state index contributed by atoms with van der Waals surface area (Å²) in [4.78, 5) is 60.8. The topological polar surface area (TPSA) is 117 Å². The molecule has 3 amide bonds. The number of unbranched alkanes of at least 4 members (excludes halogenated alkanes) is 1. The number of benzene rings is 1. The minimum Gasteiger partial charge on any atom is -0.455 e. The van der Waals surface area contributed by atoms with Crippen LogP contribution < -0.4 is 0 Å². The van der Waals surface area contributed by atoms with Crippen LogP contribution in [0, 0.1) is 11.8 Å². The number of hydrogen-bond donors (Lipinski definition) is 1. The molecule has 0 bridgehead atoms. The number of ether oxygens (including phenoxy) is 2. The van der Waals surface area contributed by atoms with Crippen molar-refractivity contribution in [3.8, 4) is 0 Å². The third kappa shape index (κ3) is 5.51. The standard InChI is InChI=1S/C33H43N3O7/c1-21(2)35-19-12-17-33-27(30(39)36(18-10-11-20-37)29(33)31(35)40)26-24(43-33)15-8-9-16-25(38)34(4)22(3)28(42-32(26)41)23-13-6-5-7-14-23/h5-8,12-15,17,21-22,24,26-29,37H,9-11,16,18-20H2,1-4H3/b15-8-/t22-,24-,26+,27+,28+,29-,33+/m0/s1. The van der Waals surface area contributed by atoms with Crippen LogP contribution in [0.3, 0.4) is 0 Å². The highest BCUT2D eigenvalue weighted by Gasteiger charge is 2.71. The van der Waals surface area contributed by atoms with Gasteiger partial charge in [0.2, 0.25) is 17.7 Å². The molecule has 0 unspecified atom stereocenters. The monoisotopic (exact) mass is 593 g/mol. The van der Waals surface area contributed by atoms with Crippen molar-refractivity contribution in [1.82, 2.24) is 14.7 Å². The van der Waals surface area contributed by atoms with Crippen molar-refractivity contribution in [2.24, 2.45) is 11.8 Å². The number of cyclic esters (lactones) is 1. The van der Waals surface area contributed by atoms with Gasteiger partial charge in [0.1, 0.15) is 23.7 Å². The minimum atomic E-state index is -1.36. The second kappa shape index (κ2) is 12.6. The summed E-state index contributed by atoms with van der Waals surface area (Å²) in [5.41, 5.74) is -0.629. The predicted octanol–water partition coefficient (Wildman–Crippen LogP) is 2.63. The number of likely N-dealkylation sites (tertiary alicyclic amines) is 1. The van der Waals surface area contributed by atoms with Crippen LogP contribution in [0.15, 0.2) is 54.6 Å². The third-order valence-corrected chi connectivity index (χ3v) is 9.39. The van der Waals surface area contributed by atoms with Gasteiger partial charge in [-0.3, -0.25) is 19.2 Å². The maximum absolute atomic E-state index is 14.4. The fourth-order valence-corrected chi connectivity index (χ4v) is 7.00. The highest BCUT2D eigenvalue weighted by atomic mass is 16.6. The molecule has 232 valence electrons. The van der Waals surface area contributed by atoms with E-state index in [0.717, 1.165) is 5.56 Å². The molecule has 7 atom stereocenters. The van der Waals surface area contributed by atoms with Crippen molar-refractivity contribution >= 4 is 23.7 Å². The number of fused-ring (bicyclic) bond motifs is 2. The van der Waals surface area contributed by atoms with E-state index in [0.29, 0.717) is 25.8 Å². The number of nitrogens with zero attached hydrogens (tertiary/aromatic N) is 3. The van der Waals surface area contributed by atoms with Crippen LogP contribution >= 0.6 is 0 Å². The van der Waals surface area contributed by atoms with Gasteiger partial charge in [-0.2, -0.15) is 0 Å². The summed E-state index contributed by atoms with van der Waals surface area (Å²) in [6.45, 7) is 6.31. The lowest BCUT2D eigenvalue weighted by molar-refractivity contribution is -0.164. The van der Waals surface area contributed by atoms with Gasteiger partial charge in [0.05, 0.1) is 18.1 Å². The van der Waals surface area contributed by atoms with E-state index in [1.807, 2.05) is 69.3 Å². The number of likely N-dealkylation sites (N-methyl/N-ethyl adjacent to an activating group) is 1. The summed E-state index contributed by atoms with van der Waals surface area (Å²) in [5.74, 6) is -3.21. The van der Waals surface area contributed by atoms with Gasteiger partial charge in [0.15, 0.2) is 0 Å². The lowest BCUT2D eigenvalue weighted by atomic mass is 9.77. The zero-order chi connectivity index (χ0) is 30.9. The first-order chi connectivity index (χ1) is 20.6. The molecule has 1 aromatic rings. The molecule has 0 aromatic heterocycles. The number of carbonyl (C=O) groups excluding carboxylic acids is 4. The zero-order valence-corrected chi connectivity index (χ0v) is 25.4. The highest BCUT2D eigenvalue weighted by molar-refractivity contribution is 5.99. The molecule has 0 saturated carbocycles. The number of hydrogen-bond acceptors (Lipinski definition) is 7. The van der Waals surface area contributed by atoms with Crippen molar-refractivity contribution in [2.75, 3.05) is 26.7 Å². The summed E-state index contributed by atoms with van der Waals surface area (Å²) in [5, 5.41) is 9.42. The highest BCUT2D eigenvalue weighted by Crippen LogP contribution is 2.53. The van der Waals surface area contributed by atoms with Crippen LogP contribution in [0.2, 0.25) is 0 Å². The summed E-state index contributed by atoms with van der Waals surface area (Å²) >= 11 is 0. The Bertz CT molecular complexity index is 1280. The molecule has 43 heavy (non-hydrogen) atoms. The average Bonchev–Trinajstić information content (AvgIpc) is 3.37. The number of esters is 1. The van der Waals surface area contributed by atoms with E-state index >= 15 is 0 Å². The molecule has 10 heteroatoms. The predicted molar refractivity (Wildman–Crippen MR) is 158 cm³/mol. The number of aliphatic hydroxyl groups is 1. The molecule has 4 aliphatic heterocycles. The maximum atomic E-state index is 14.4. The summed E-state index contributed by atoms with van der Waals surface area (Å²) in [7, 11) is 1.71. The van der Waals surface area contributed by atoms with E-state index in [1.165, 1.54) is 0 Å². The lowest BCUT2D eigenvalue weighted by Gasteiger charge is -2.36. The van der Waals surface area contributed by atoms with E-state index in [-0.39, 0.29) is 43.3 Å². The number of aliphatic hydroxyl groups excluding tert-OH is 1. The quantitative estimate of drug-likeness (QED) is 0.306. The molecule has 4 aliphatic rings. The fourth-order valence-electron chi connectivity index (χ4n) is 7.00. The minimum absolute atomic E-state index is 0.0262. The summed E-state index contributed by atoms with van der Waals surface area (Å²) in [6, 6.07) is 7.75. The van der Waals surface area contributed by atoms with E-state index in [1.54, 1.807) is 27.8 Å². The molecular formula is C33H43N3O7. The van der Waals surface area contributed by atoms with Gasteiger partial charge in [0, 0.05) is 39.2 Å². The third-order valence-electron chi connectivity index (χ3n) is 9.39. The first-order valence-electron chi connectivity index (χ1n) is 15.4. The number of allylic oxidation sites excluding steroid dienone is 1. The van der Waals surface area contributed by atoms with Gasteiger partial charge in [-0.15, -0.1) is 0 Å². The normalized spacial score (nSPS) is 33.9. The van der Waals surface area contributed by atoms with Crippen molar-refractivity contribution < 1.29 is 33.8 Å². The van der Waals surface area contributed by atoms with Gasteiger partial charge < -0.3 is 29.3 Å². The molecule has 1 aromatic carbocycles. The molecular weight excluding hydrogens is 550 g/mol. The van der Waals surface area contributed by atoms with E-state index in [9.17, 15) is 24.3 Å². The number of amides is 3. The van der Waals surface area contributed by atoms with E-state index in [2.05, 4.69) is 0 Å². The Labute approximate surface area is 253 Å². The SMILES string of the molecule is CC(C)N1CC=C[C@@]23O[C@H]4/C=C\CCC(=O)N(C)[C@@H](C)[C@H](c5ccccc5)OC(=O)[C@H]4[C@@H]2C(=O)N(CCCCO)[C@H]3C1=O. The molecule has 2 saturated heterocycles. The molecule has 0 aliphatic carbocycles. The molecule has 5 rings (SSSR count). The average molecular weight is 594 g/mol. The second-order valence-corrected chi connectivity index (χ2v) is 12.3. The van der Waals surface area contributed by atoms with Crippen LogP contribution in [0.5, 0.6) is 0 Å². The van der Waals surface area contributed by atoms with Crippen molar-refractivity contribution in [1.29, 1.82) is 0 Å². The summed E-state index contributed by atoms with van der Waals surface area (Å²) < 4.78 is 13.0. The smallest absolute Gasteiger partial charge is 0.313 e. The molecule has 4 heterocycles.